The molecule has 0 radical (unpaired) electrons. The average molecular weight is 207 g/mol. The van der Waals surface area contributed by atoms with Gasteiger partial charge in [-0.3, -0.25) is 0 Å². The van der Waals surface area contributed by atoms with E-state index in [4.69, 9.17) is 4.74 Å². The quantitative estimate of drug-likeness (QED) is 0.801. The molecule has 15 heavy (non-hydrogen) atoms. The van der Waals surface area contributed by atoms with Crippen LogP contribution in [-0.4, -0.2) is 19.3 Å². The van der Waals surface area contributed by atoms with Gasteiger partial charge in [-0.15, -0.1) is 0 Å². The molecule has 1 rings (SSSR count). The van der Waals surface area contributed by atoms with Crippen LogP contribution in [0.1, 0.15) is 32.4 Å². The van der Waals surface area contributed by atoms with Crippen molar-refractivity contribution in [1.82, 2.24) is 5.32 Å². The average Bonchev–Trinajstić information content (AvgIpc) is 2.29. The Balaban J connectivity index is 2.52. The first kappa shape index (κ1) is 12.2. The maximum atomic E-state index is 5.29. The van der Waals surface area contributed by atoms with Crippen LogP contribution in [0.2, 0.25) is 0 Å². The van der Waals surface area contributed by atoms with Crippen molar-refractivity contribution in [2.24, 2.45) is 0 Å². The number of hydrogen-bond donors (Lipinski definition) is 1. The topological polar surface area (TPSA) is 21.3 Å². The summed E-state index contributed by atoms with van der Waals surface area (Å²) in [6.07, 6.45) is 0.233. The fraction of sp³-hybridized carbons (Fsp3) is 0.538. The van der Waals surface area contributed by atoms with Crippen molar-refractivity contribution in [2.45, 2.75) is 39.0 Å². The van der Waals surface area contributed by atoms with E-state index in [0.717, 1.165) is 0 Å². The van der Waals surface area contributed by atoms with Gasteiger partial charge in [0.25, 0.3) is 0 Å². The van der Waals surface area contributed by atoms with E-state index >= 15 is 0 Å². The van der Waals surface area contributed by atoms with Gasteiger partial charge in [0.1, 0.15) is 0 Å². The van der Waals surface area contributed by atoms with Gasteiger partial charge in [0.05, 0.1) is 6.10 Å². The molecule has 0 aliphatic rings. The zero-order valence-corrected chi connectivity index (χ0v) is 10.0. The first-order chi connectivity index (χ1) is 7.15. The molecule has 0 heterocycles. The zero-order chi connectivity index (χ0) is 11.3. The smallest absolute Gasteiger partial charge is 0.0693 e. The minimum Gasteiger partial charge on any atom is -0.380 e. The Bertz CT molecular complexity index is 273. The van der Waals surface area contributed by atoms with Crippen LogP contribution in [0.25, 0.3) is 0 Å². The Morgan fingerprint density at radius 3 is 2.20 bits per heavy atom. The van der Waals surface area contributed by atoms with Gasteiger partial charge in [-0.05, 0) is 26.3 Å². The fourth-order valence-corrected chi connectivity index (χ4v) is 1.57. The lowest BCUT2D eigenvalue weighted by Crippen LogP contribution is -2.38. The summed E-state index contributed by atoms with van der Waals surface area (Å²) in [7, 11) is 1.75. The highest BCUT2D eigenvalue weighted by Gasteiger charge is 2.14. The fourth-order valence-electron chi connectivity index (χ4n) is 1.57. The molecule has 0 aliphatic carbocycles. The van der Waals surface area contributed by atoms with E-state index in [2.05, 4.69) is 50.4 Å². The number of hydrogen-bond acceptors (Lipinski definition) is 2. The normalized spacial score (nSPS) is 17.1. The Morgan fingerprint density at radius 2 is 1.67 bits per heavy atom. The molecule has 0 amide bonds. The maximum Gasteiger partial charge on any atom is 0.0693 e. The highest BCUT2D eigenvalue weighted by molar-refractivity contribution is 5.18. The summed E-state index contributed by atoms with van der Waals surface area (Å²) in [6.45, 7) is 6.40. The Morgan fingerprint density at radius 1 is 1.07 bits per heavy atom. The minimum absolute atomic E-state index is 0.233. The van der Waals surface area contributed by atoms with E-state index in [1.807, 2.05) is 6.07 Å². The first-order valence-corrected chi connectivity index (χ1v) is 5.49. The predicted molar refractivity (Wildman–Crippen MR) is 63.9 cm³/mol. The molecule has 0 fully saturated rings. The molecular weight excluding hydrogens is 186 g/mol. The number of rotatable bonds is 5. The van der Waals surface area contributed by atoms with E-state index in [9.17, 15) is 0 Å². The van der Waals surface area contributed by atoms with Crippen LogP contribution in [-0.2, 0) is 4.74 Å². The lowest BCUT2D eigenvalue weighted by Gasteiger charge is -2.24. The van der Waals surface area contributed by atoms with Gasteiger partial charge >= 0.3 is 0 Å². The van der Waals surface area contributed by atoms with Crippen LogP contribution < -0.4 is 5.32 Å². The Kier molecular flexibility index (Phi) is 4.79. The van der Waals surface area contributed by atoms with Crippen molar-refractivity contribution in [3.63, 3.8) is 0 Å². The van der Waals surface area contributed by atoms with Crippen molar-refractivity contribution in [2.75, 3.05) is 7.11 Å². The van der Waals surface area contributed by atoms with Crippen molar-refractivity contribution < 1.29 is 4.74 Å². The van der Waals surface area contributed by atoms with Crippen LogP contribution in [0.15, 0.2) is 30.3 Å². The van der Waals surface area contributed by atoms with E-state index in [1.54, 1.807) is 7.11 Å². The van der Waals surface area contributed by atoms with Crippen LogP contribution in [0.3, 0.4) is 0 Å². The lowest BCUT2D eigenvalue weighted by atomic mass is 10.1. The summed E-state index contributed by atoms with van der Waals surface area (Å²) >= 11 is 0. The molecule has 1 aromatic carbocycles. The van der Waals surface area contributed by atoms with Gasteiger partial charge in [0, 0.05) is 19.2 Å². The molecule has 3 atom stereocenters. The molecule has 0 bridgehead atoms. The van der Waals surface area contributed by atoms with Crippen LogP contribution in [0, 0.1) is 0 Å². The highest BCUT2D eigenvalue weighted by atomic mass is 16.5. The monoisotopic (exact) mass is 207 g/mol. The van der Waals surface area contributed by atoms with Gasteiger partial charge in [0.15, 0.2) is 0 Å². The van der Waals surface area contributed by atoms with Crippen molar-refractivity contribution >= 4 is 0 Å². The summed E-state index contributed by atoms with van der Waals surface area (Å²) in [6, 6.07) is 11.2. The van der Waals surface area contributed by atoms with E-state index in [0.29, 0.717) is 12.1 Å². The largest absolute Gasteiger partial charge is 0.380 e. The first-order valence-electron chi connectivity index (χ1n) is 5.49. The van der Waals surface area contributed by atoms with Crippen molar-refractivity contribution in [3.05, 3.63) is 35.9 Å². The molecule has 1 aromatic rings. The summed E-state index contributed by atoms with van der Waals surface area (Å²) in [5.41, 5.74) is 1.31. The molecule has 84 valence electrons. The number of ether oxygens (including phenoxy) is 1. The molecule has 0 aliphatic heterocycles. The van der Waals surface area contributed by atoms with Gasteiger partial charge in [-0.2, -0.15) is 0 Å². The lowest BCUT2D eigenvalue weighted by molar-refractivity contribution is 0.0852. The standard InChI is InChI=1S/C13H21NO/c1-10(12(3)15-4)14-11(2)13-8-6-5-7-9-13/h5-12,14H,1-4H3/t10?,11-,12?/m0/s1. The maximum absolute atomic E-state index is 5.29. The second-order valence-electron chi connectivity index (χ2n) is 4.03. The number of benzene rings is 1. The van der Waals surface area contributed by atoms with Gasteiger partial charge in [0.2, 0.25) is 0 Å². The SMILES string of the molecule is COC(C)C(C)N[C@@H](C)c1ccccc1. The molecule has 0 saturated heterocycles. The van der Waals surface area contributed by atoms with Crippen molar-refractivity contribution in [1.29, 1.82) is 0 Å². The molecule has 2 unspecified atom stereocenters. The molecule has 2 nitrogen and oxygen atoms in total. The third-order valence-corrected chi connectivity index (χ3v) is 2.89. The second kappa shape index (κ2) is 5.89. The van der Waals surface area contributed by atoms with Crippen LogP contribution in [0.5, 0.6) is 0 Å². The number of methoxy groups -OCH3 is 1. The van der Waals surface area contributed by atoms with E-state index in [-0.39, 0.29) is 6.10 Å². The zero-order valence-electron chi connectivity index (χ0n) is 10.0. The van der Waals surface area contributed by atoms with Gasteiger partial charge in [-0.1, -0.05) is 30.3 Å². The minimum atomic E-state index is 0.233. The van der Waals surface area contributed by atoms with Gasteiger partial charge < -0.3 is 10.1 Å². The summed E-state index contributed by atoms with van der Waals surface area (Å²) < 4.78 is 5.29. The molecule has 0 aromatic heterocycles. The third-order valence-electron chi connectivity index (χ3n) is 2.89. The molecule has 0 spiro atoms. The predicted octanol–water partition coefficient (Wildman–Crippen LogP) is 2.76. The Labute approximate surface area is 92.6 Å². The van der Waals surface area contributed by atoms with E-state index < -0.39 is 0 Å². The summed E-state index contributed by atoms with van der Waals surface area (Å²) in [5, 5.41) is 3.52. The van der Waals surface area contributed by atoms with Crippen LogP contribution >= 0.6 is 0 Å². The second-order valence-corrected chi connectivity index (χ2v) is 4.03. The van der Waals surface area contributed by atoms with Crippen LogP contribution in [0.4, 0.5) is 0 Å². The molecular formula is C13H21NO. The van der Waals surface area contributed by atoms with Crippen molar-refractivity contribution in [3.8, 4) is 0 Å². The van der Waals surface area contributed by atoms with Gasteiger partial charge in [-0.25, -0.2) is 0 Å². The third kappa shape index (κ3) is 3.65. The highest BCUT2D eigenvalue weighted by Crippen LogP contribution is 2.13. The molecule has 1 N–H and O–H groups in total. The van der Waals surface area contributed by atoms with E-state index in [1.165, 1.54) is 5.56 Å². The summed E-state index contributed by atoms with van der Waals surface area (Å²) in [4.78, 5) is 0. The molecule has 2 heteroatoms. The Hall–Kier alpha value is -0.860. The summed E-state index contributed by atoms with van der Waals surface area (Å²) in [5.74, 6) is 0. The molecule has 0 saturated carbocycles. The number of nitrogens with one attached hydrogen (secondary N) is 1.